The zero-order valence-corrected chi connectivity index (χ0v) is 9.85. The smallest absolute Gasteiger partial charge is 0.330 e. The molecule has 0 aliphatic carbocycles. The summed E-state index contributed by atoms with van der Waals surface area (Å²) in [7, 11) is 0. The van der Waals surface area contributed by atoms with Gasteiger partial charge in [-0.15, -0.1) is 0 Å². The number of rotatable bonds is 9. The summed E-state index contributed by atoms with van der Waals surface area (Å²) in [6, 6.07) is 0. The van der Waals surface area contributed by atoms with Crippen molar-refractivity contribution in [3.8, 4) is 0 Å². The van der Waals surface area contributed by atoms with Gasteiger partial charge in [0.2, 0.25) is 0 Å². The van der Waals surface area contributed by atoms with E-state index < -0.39 is 5.97 Å². The maximum absolute atomic E-state index is 10.6. The molecule has 0 aromatic carbocycles. The van der Waals surface area contributed by atoms with E-state index in [1.807, 2.05) is 18.2 Å². The average molecular weight is 224 g/mol. The van der Waals surface area contributed by atoms with Crippen LogP contribution in [0.1, 0.15) is 19.8 Å². The number of unbranched alkanes of at least 4 members (excludes halogenated alkanes) is 1. The number of carbonyl (C=O) groups excluding carboxylic acids is 1. The number of hydrogen-bond donors (Lipinski definition) is 0. The minimum absolute atomic E-state index is 0.268. The molecule has 0 spiro atoms. The zero-order chi connectivity index (χ0) is 12.1. The van der Waals surface area contributed by atoms with Gasteiger partial charge in [0.25, 0.3) is 0 Å². The molecule has 0 saturated carbocycles. The van der Waals surface area contributed by atoms with Crippen LogP contribution in [0.5, 0.6) is 0 Å². The molecule has 0 bridgehead atoms. The first-order valence-corrected chi connectivity index (χ1v) is 5.49. The van der Waals surface area contributed by atoms with E-state index in [9.17, 15) is 4.79 Å². The number of ether oxygens (including phenoxy) is 2. The molecule has 0 aromatic heterocycles. The normalized spacial score (nSPS) is 11.1. The number of allylic oxidation sites excluding steroid dienone is 3. The van der Waals surface area contributed by atoms with Crippen LogP contribution in [-0.2, 0) is 14.3 Å². The van der Waals surface area contributed by atoms with Crippen molar-refractivity contribution in [1.29, 1.82) is 0 Å². The van der Waals surface area contributed by atoms with Gasteiger partial charge in [0.05, 0.1) is 13.2 Å². The van der Waals surface area contributed by atoms with E-state index in [1.165, 1.54) is 0 Å². The van der Waals surface area contributed by atoms with E-state index in [0.29, 0.717) is 13.2 Å². The molecule has 0 unspecified atom stereocenters. The Morgan fingerprint density at radius 1 is 1.25 bits per heavy atom. The van der Waals surface area contributed by atoms with Crippen molar-refractivity contribution < 1.29 is 14.3 Å². The Labute approximate surface area is 97.4 Å². The van der Waals surface area contributed by atoms with Crippen LogP contribution >= 0.6 is 0 Å². The van der Waals surface area contributed by atoms with Gasteiger partial charge in [0.15, 0.2) is 0 Å². The summed E-state index contributed by atoms with van der Waals surface area (Å²) >= 11 is 0. The molecule has 0 atom stereocenters. The summed E-state index contributed by atoms with van der Waals surface area (Å²) in [5.74, 6) is -0.415. The van der Waals surface area contributed by atoms with Crippen LogP contribution in [0.15, 0.2) is 37.0 Å². The monoisotopic (exact) mass is 224 g/mol. The van der Waals surface area contributed by atoms with Gasteiger partial charge >= 0.3 is 5.97 Å². The van der Waals surface area contributed by atoms with E-state index in [-0.39, 0.29) is 6.61 Å². The van der Waals surface area contributed by atoms with Crippen molar-refractivity contribution in [2.75, 3.05) is 19.8 Å². The van der Waals surface area contributed by atoms with Crippen molar-refractivity contribution in [3.05, 3.63) is 37.0 Å². The Balaban J connectivity index is 3.26. The average Bonchev–Trinajstić information content (AvgIpc) is 2.31. The second-order valence-corrected chi connectivity index (χ2v) is 3.09. The summed E-state index contributed by atoms with van der Waals surface area (Å²) in [5, 5.41) is 0. The van der Waals surface area contributed by atoms with Gasteiger partial charge in [-0.1, -0.05) is 44.2 Å². The van der Waals surface area contributed by atoms with Gasteiger partial charge in [-0.05, 0) is 6.42 Å². The molecule has 0 amide bonds. The van der Waals surface area contributed by atoms with E-state index in [1.54, 1.807) is 0 Å². The fourth-order valence-electron chi connectivity index (χ4n) is 0.887. The summed E-state index contributed by atoms with van der Waals surface area (Å²) < 4.78 is 9.93. The highest BCUT2D eigenvalue weighted by molar-refractivity contribution is 5.81. The van der Waals surface area contributed by atoms with Gasteiger partial charge in [0.1, 0.15) is 6.61 Å². The lowest BCUT2D eigenvalue weighted by Gasteiger charge is -2.01. The van der Waals surface area contributed by atoms with Crippen molar-refractivity contribution in [3.63, 3.8) is 0 Å². The molecular weight excluding hydrogens is 204 g/mol. The largest absolute Gasteiger partial charge is 0.460 e. The van der Waals surface area contributed by atoms with E-state index in [0.717, 1.165) is 18.9 Å². The highest BCUT2D eigenvalue weighted by Gasteiger charge is 1.93. The molecule has 16 heavy (non-hydrogen) atoms. The molecule has 0 aliphatic rings. The summed E-state index contributed by atoms with van der Waals surface area (Å²) in [6.07, 6.45) is 11.4. The maximum Gasteiger partial charge on any atom is 0.330 e. The second-order valence-electron chi connectivity index (χ2n) is 3.09. The molecule has 90 valence electrons. The number of carbonyl (C=O) groups is 1. The third kappa shape index (κ3) is 10.7. The standard InChI is InChI=1S/C13H20O3/c1-3-5-6-7-8-9-10-15-11-12-16-13(14)4-2/h4,6-9H,2-3,5,10-12H2,1H3. The fraction of sp³-hybridized carbons (Fsp3) is 0.462. The second kappa shape index (κ2) is 11.7. The predicted octanol–water partition coefficient (Wildman–Crippen LogP) is 2.64. The maximum atomic E-state index is 10.6. The highest BCUT2D eigenvalue weighted by atomic mass is 16.6. The zero-order valence-electron chi connectivity index (χ0n) is 9.85. The summed E-state index contributed by atoms with van der Waals surface area (Å²) in [6.45, 7) is 6.63. The van der Waals surface area contributed by atoms with Crippen LogP contribution in [-0.4, -0.2) is 25.8 Å². The lowest BCUT2D eigenvalue weighted by Crippen LogP contribution is -2.08. The fourth-order valence-corrected chi connectivity index (χ4v) is 0.887. The lowest BCUT2D eigenvalue weighted by molar-refractivity contribution is -0.139. The third-order valence-electron chi connectivity index (χ3n) is 1.69. The third-order valence-corrected chi connectivity index (χ3v) is 1.69. The molecule has 0 fully saturated rings. The van der Waals surface area contributed by atoms with E-state index in [4.69, 9.17) is 9.47 Å². The van der Waals surface area contributed by atoms with Crippen molar-refractivity contribution >= 4 is 5.97 Å². The first-order chi connectivity index (χ1) is 7.81. The number of esters is 1. The molecule has 0 aromatic rings. The highest BCUT2D eigenvalue weighted by Crippen LogP contribution is 1.89. The summed E-state index contributed by atoms with van der Waals surface area (Å²) in [4.78, 5) is 10.6. The van der Waals surface area contributed by atoms with E-state index >= 15 is 0 Å². The molecule has 0 aliphatic heterocycles. The summed E-state index contributed by atoms with van der Waals surface area (Å²) in [5.41, 5.74) is 0. The molecule has 0 saturated heterocycles. The van der Waals surface area contributed by atoms with Gasteiger partial charge in [0, 0.05) is 6.08 Å². The molecule has 3 nitrogen and oxygen atoms in total. The Morgan fingerprint density at radius 2 is 2.00 bits per heavy atom. The van der Waals surface area contributed by atoms with Crippen molar-refractivity contribution in [2.45, 2.75) is 19.8 Å². The number of hydrogen-bond acceptors (Lipinski definition) is 3. The van der Waals surface area contributed by atoms with Gasteiger partial charge in [-0.25, -0.2) is 4.79 Å². The molecule has 0 rings (SSSR count). The quantitative estimate of drug-likeness (QED) is 0.261. The van der Waals surface area contributed by atoms with Crippen LogP contribution in [0.2, 0.25) is 0 Å². The Kier molecular flexibility index (Phi) is 10.7. The first-order valence-electron chi connectivity index (χ1n) is 5.49. The Bertz CT molecular complexity index is 242. The molecular formula is C13H20O3. The van der Waals surface area contributed by atoms with Crippen LogP contribution in [0.4, 0.5) is 0 Å². The Hall–Kier alpha value is -1.35. The van der Waals surface area contributed by atoms with Crippen LogP contribution < -0.4 is 0 Å². The van der Waals surface area contributed by atoms with Gasteiger partial charge in [-0.2, -0.15) is 0 Å². The molecule has 0 radical (unpaired) electrons. The van der Waals surface area contributed by atoms with Gasteiger partial charge < -0.3 is 9.47 Å². The molecule has 0 heterocycles. The minimum atomic E-state index is -0.415. The Morgan fingerprint density at radius 3 is 2.69 bits per heavy atom. The topological polar surface area (TPSA) is 35.5 Å². The van der Waals surface area contributed by atoms with Crippen LogP contribution in [0.3, 0.4) is 0 Å². The molecule has 0 N–H and O–H groups in total. The van der Waals surface area contributed by atoms with Crippen molar-refractivity contribution in [2.24, 2.45) is 0 Å². The van der Waals surface area contributed by atoms with E-state index in [2.05, 4.69) is 19.6 Å². The first kappa shape index (κ1) is 14.6. The molecule has 3 heteroatoms. The lowest BCUT2D eigenvalue weighted by atomic mass is 10.3. The SMILES string of the molecule is C=CC(=O)OCCOCC=CC=CCCC. The minimum Gasteiger partial charge on any atom is -0.460 e. The van der Waals surface area contributed by atoms with Crippen molar-refractivity contribution in [1.82, 2.24) is 0 Å². The van der Waals surface area contributed by atoms with Crippen LogP contribution in [0.25, 0.3) is 0 Å². The predicted molar refractivity (Wildman–Crippen MR) is 65.2 cm³/mol. The van der Waals surface area contributed by atoms with Gasteiger partial charge in [-0.3, -0.25) is 0 Å². The van der Waals surface area contributed by atoms with Crippen LogP contribution in [0, 0.1) is 0 Å².